The summed E-state index contributed by atoms with van der Waals surface area (Å²) in [6.07, 6.45) is -0.155. The third kappa shape index (κ3) is 8.75. The number of aliphatic carboxylic acids is 1. The van der Waals surface area contributed by atoms with Gasteiger partial charge in [0, 0.05) is 6.54 Å². The maximum atomic E-state index is 12.3. The fraction of sp³-hybridized carbons (Fsp3) is 0.421. The lowest BCUT2D eigenvalue weighted by Gasteiger charge is -2.26. The molecule has 1 aromatic carbocycles. The normalized spacial score (nSPS) is 11.8. The van der Waals surface area contributed by atoms with Crippen LogP contribution in [0.25, 0.3) is 0 Å². The predicted molar refractivity (Wildman–Crippen MR) is 99.2 cm³/mol. The SMILES string of the molecule is C=CCN(C[C@H](NC(=O)OC(C)(C)C)C(=O)O)C(=O)OCc1ccccc1. The standard InChI is InChI=1S/C19H26N2O6/c1-5-11-21(18(25)26-13-14-9-7-6-8-10-14)12-15(16(22)23)20-17(24)27-19(2,3)4/h5-10,15H,1,11-13H2,2-4H3,(H,20,24)(H,22,23)/t15-/m0/s1. The van der Waals surface area contributed by atoms with Gasteiger partial charge >= 0.3 is 18.2 Å². The molecule has 148 valence electrons. The fourth-order valence-electron chi connectivity index (χ4n) is 2.05. The van der Waals surface area contributed by atoms with Gasteiger partial charge in [-0.3, -0.25) is 0 Å². The highest BCUT2D eigenvalue weighted by Gasteiger charge is 2.28. The minimum Gasteiger partial charge on any atom is -0.480 e. The zero-order valence-corrected chi connectivity index (χ0v) is 15.8. The van der Waals surface area contributed by atoms with Crippen LogP contribution in [0.2, 0.25) is 0 Å². The third-order valence-electron chi connectivity index (χ3n) is 3.20. The molecule has 0 unspecified atom stereocenters. The maximum absolute atomic E-state index is 12.3. The van der Waals surface area contributed by atoms with Crippen LogP contribution >= 0.6 is 0 Å². The molecule has 0 bridgehead atoms. The summed E-state index contributed by atoms with van der Waals surface area (Å²) in [4.78, 5) is 36.8. The van der Waals surface area contributed by atoms with E-state index in [0.29, 0.717) is 0 Å². The van der Waals surface area contributed by atoms with Crippen LogP contribution in [0, 0.1) is 0 Å². The zero-order valence-electron chi connectivity index (χ0n) is 15.8. The van der Waals surface area contributed by atoms with Crippen molar-refractivity contribution in [1.29, 1.82) is 0 Å². The topological polar surface area (TPSA) is 105 Å². The van der Waals surface area contributed by atoms with Crippen LogP contribution in [0.3, 0.4) is 0 Å². The minimum atomic E-state index is -1.36. The first-order valence-corrected chi connectivity index (χ1v) is 8.41. The number of hydrogen-bond acceptors (Lipinski definition) is 5. The smallest absolute Gasteiger partial charge is 0.410 e. The van der Waals surface area contributed by atoms with Crippen LogP contribution in [-0.2, 0) is 20.9 Å². The molecule has 0 radical (unpaired) electrons. The van der Waals surface area contributed by atoms with E-state index >= 15 is 0 Å². The molecule has 2 N–H and O–H groups in total. The van der Waals surface area contributed by atoms with Crippen molar-refractivity contribution in [2.24, 2.45) is 0 Å². The van der Waals surface area contributed by atoms with E-state index in [0.717, 1.165) is 10.5 Å². The van der Waals surface area contributed by atoms with Crippen LogP contribution in [0.4, 0.5) is 9.59 Å². The van der Waals surface area contributed by atoms with E-state index in [9.17, 15) is 19.5 Å². The predicted octanol–water partition coefficient (Wildman–Crippen LogP) is 2.79. The Morgan fingerprint density at radius 1 is 1.26 bits per heavy atom. The molecule has 0 fully saturated rings. The summed E-state index contributed by atoms with van der Waals surface area (Å²) < 4.78 is 10.3. The summed E-state index contributed by atoms with van der Waals surface area (Å²) in [7, 11) is 0. The van der Waals surface area contributed by atoms with Gasteiger partial charge in [0.15, 0.2) is 0 Å². The monoisotopic (exact) mass is 378 g/mol. The zero-order chi connectivity index (χ0) is 20.4. The van der Waals surface area contributed by atoms with Crippen molar-refractivity contribution in [3.8, 4) is 0 Å². The molecular formula is C19H26N2O6. The largest absolute Gasteiger partial charge is 0.480 e. The highest BCUT2D eigenvalue weighted by atomic mass is 16.6. The van der Waals surface area contributed by atoms with Gasteiger partial charge in [0.2, 0.25) is 0 Å². The lowest BCUT2D eigenvalue weighted by atomic mass is 10.2. The third-order valence-corrected chi connectivity index (χ3v) is 3.20. The highest BCUT2D eigenvalue weighted by molar-refractivity contribution is 5.81. The van der Waals surface area contributed by atoms with Gasteiger partial charge in [-0.25, -0.2) is 14.4 Å². The Hall–Kier alpha value is -3.03. The second-order valence-electron chi connectivity index (χ2n) is 6.77. The van der Waals surface area contributed by atoms with Crippen LogP contribution in [0.15, 0.2) is 43.0 Å². The van der Waals surface area contributed by atoms with Crippen molar-refractivity contribution in [2.75, 3.05) is 13.1 Å². The molecule has 0 saturated carbocycles. The minimum absolute atomic E-state index is 0.0462. The van der Waals surface area contributed by atoms with Gasteiger partial charge < -0.3 is 24.8 Å². The Morgan fingerprint density at radius 3 is 2.41 bits per heavy atom. The molecule has 8 nitrogen and oxygen atoms in total. The molecule has 0 aromatic heterocycles. The molecule has 1 atom stereocenters. The van der Waals surface area contributed by atoms with Crippen molar-refractivity contribution < 1.29 is 29.0 Å². The van der Waals surface area contributed by atoms with Crippen molar-refractivity contribution in [3.63, 3.8) is 0 Å². The molecule has 0 heterocycles. The van der Waals surface area contributed by atoms with Crippen molar-refractivity contribution in [1.82, 2.24) is 10.2 Å². The van der Waals surface area contributed by atoms with Gasteiger partial charge in [-0.2, -0.15) is 0 Å². The van der Waals surface area contributed by atoms with Crippen LogP contribution in [-0.4, -0.2) is 52.9 Å². The number of nitrogens with one attached hydrogen (secondary N) is 1. The average molecular weight is 378 g/mol. The quantitative estimate of drug-likeness (QED) is 0.674. The Morgan fingerprint density at radius 2 is 1.89 bits per heavy atom. The number of carbonyl (C=O) groups excluding carboxylic acids is 2. The molecule has 0 saturated heterocycles. The number of benzene rings is 1. The summed E-state index contributed by atoms with van der Waals surface area (Å²) in [6.45, 7) is 8.35. The summed E-state index contributed by atoms with van der Waals surface area (Å²) in [5.41, 5.74) is 0.0220. The van der Waals surface area contributed by atoms with Gasteiger partial charge in [0.05, 0.1) is 6.54 Å². The van der Waals surface area contributed by atoms with E-state index in [1.165, 1.54) is 6.08 Å². The Balaban J connectivity index is 2.72. The van der Waals surface area contributed by atoms with Crippen molar-refractivity contribution >= 4 is 18.2 Å². The number of carboxylic acid groups (broad SMARTS) is 1. The van der Waals surface area contributed by atoms with Crippen LogP contribution in [0.1, 0.15) is 26.3 Å². The first-order valence-electron chi connectivity index (χ1n) is 8.41. The Bertz CT molecular complexity index is 654. The number of ether oxygens (including phenoxy) is 2. The first kappa shape index (κ1) is 22.0. The molecule has 0 aliphatic carbocycles. The number of hydrogen-bond donors (Lipinski definition) is 2. The second kappa shape index (κ2) is 10.2. The van der Waals surface area contributed by atoms with Crippen LogP contribution in [0.5, 0.6) is 0 Å². The highest BCUT2D eigenvalue weighted by Crippen LogP contribution is 2.08. The molecular weight excluding hydrogens is 352 g/mol. The van der Waals surface area contributed by atoms with E-state index in [4.69, 9.17) is 9.47 Å². The summed E-state index contributed by atoms with van der Waals surface area (Å²) in [5.74, 6) is -1.30. The average Bonchev–Trinajstić information content (AvgIpc) is 2.57. The van der Waals surface area contributed by atoms with E-state index < -0.39 is 29.8 Å². The second-order valence-corrected chi connectivity index (χ2v) is 6.77. The van der Waals surface area contributed by atoms with E-state index in [1.54, 1.807) is 32.9 Å². The number of nitrogens with zero attached hydrogens (tertiary/aromatic N) is 1. The van der Waals surface area contributed by atoms with Gasteiger partial charge in [-0.15, -0.1) is 6.58 Å². The number of carboxylic acids is 1. The lowest BCUT2D eigenvalue weighted by molar-refractivity contribution is -0.139. The Kier molecular flexibility index (Phi) is 8.32. The molecule has 0 spiro atoms. The molecule has 1 aromatic rings. The van der Waals surface area contributed by atoms with Crippen molar-refractivity contribution in [3.05, 3.63) is 48.6 Å². The fourth-order valence-corrected chi connectivity index (χ4v) is 2.05. The van der Waals surface area contributed by atoms with Crippen LogP contribution < -0.4 is 5.32 Å². The van der Waals surface area contributed by atoms with Gasteiger partial charge in [0.25, 0.3) is 0 Å². The van der Waals surface area contributed by atoms with E-state index in [1.807, 2.05) is 18.2 Å². The number of amides is 2. The first-order chi connectivity index (χ1) is 12.6. The lowest BCUT2D eigenvalue weighted by Crippen LogP contribution is -2.51. The molecule has 1 rings (SSSR count). The summed E-state index contributed by atoms with van der Waals surface area (Å²) >= 11 is 0. The molecule has 2 amide bonds. The van der Waals surface area contributed by atoms with E-state index in [-0.39, 0.29) is 19.7 Å². The molecule has 8 heteroatoms. The molecule has 0 aliphatic heterocycles. The van der Waals surface area contributed by atoms with Crippen molar-refractivity contribution in [2.45, 2.75) is 39.0 Å². The summed E-state index contributed by atoms with van der Waals surface area (Å²) in [5, 5.41) is 11.6. The number of carbonyl (C=O) groups is 3. The number of alkyl carbamates (subject to hydrolysis) is 1. The maximum Gasteiger partial charge on any atom is 0.410 e. The van der Waals surface area contributed by atoms with E-state index in [2.05, 4.69) is 11.9 Å². The van der Waals surface area contributed by atoms with Gasteiger partial charge in [-0.1, -0.05) is 36.4 Å². The molecule has 27 heavy (non-hydrogen) atoms. The number of rotatable bonds is 8. The van der Waals surface area contributed by atoms with Gasteiger partial charge in [-0.05, 0) is 26.3 Å². The molecule has 0 aliphatic rings. The Labute approximate surface area is 158 Å². The summed E-state index contributed by atoms with van der Waals surface area (Å²) in [6, 6.07) is 7.72. The van der Waals surface area contributed by atoms with Gasteiger partial charge in [0.1, 0.15) is 18.2 Å².